The molecule has 0 saturated carbocycles. The van der Waals surface area contributed by atoms with Crippen molar-refractivity contribution in [3.63, 3.8) is 0 Å². The van der Waals surface area contributed by atoms with Gasteiger partial charge in [-0.1, -0.05) is 45.8 Å². The first-order valence-electron chi connectivity index (χ1n) is 6.86. The zero-order valence-corrected chi connectivity index (χ0v) is 14.8. The number of hydrogen-bond donors (Lipinski definition) is 2. The number of nitrogens with one attached hydrogen (secondary N) is 2. The number of anilines is 1. The third kappa shape index (κ3) is 4.55. The van der Waals surface area contributed by atoms with Crippen LogP contribution < -0.4 is 10.6 Å². The van der Waals surface area contributed by atoms with Crippen molar-refractivity contribution < 1.29 is 0 Å². The van der Waals surface area contributed by atoms with Gasteiger partial charge in [0.25, 0.3) is 0 Å². The minimum Gasteiger partial charge on any atom is -0.356 e. The van der Waals surface area contributed by atoms with Gasteiger partial charge < -0.3 is 10.6 Å². The number of thiocarbonyl (C=S) groups is 1. The van der Waals surface area contributed by atoms with Gasteiger partial charge in [0, 0.05) is 10.2 Å². The lowest BCUT2D eigenvalue weighted by atomic mass is 10.0. The third-order valence-electron chi connectivity index (χ3n) is 3.32. The molecule has 1 atom stereocenters. The zero-order valence-electron chi connectivity index (χ0n) is 12.4. The predicted octanol–water partition coefficient (Wildman–Crippen LogP) is 5.11. The van der Waals surface area contributed by atoms with Crippen LogP contribution in [0.3, 0.4) is 0 Å². The molecule has 0 bridgehead atoms. The van der Waals surface area contributed by atoms with Gasteiger partial charge in [-0.25, -0.2) is 0 Å². The van der Waals surface area contributed by atoms with Crippen molar-refractivity contribution >= 4 is 38.9 Å². The fourth-order valence-corrected chi connectivity index (χ4v) is 3.01. The number of aryl methyl sites for hydroxylation is 2. The Labute approximate surface area is 140 Å². The fraction of sp³-hybridized carbons (Fsp3) is 0.235. The van der Waals surface area contributed by atoms with E-state index in [0.29, 0.717) is 5.11 Å². The van der Waals surface area contributed by atoms with Crippen molar-refractivity contribution in [2.45, 2.75) is 26.8 Å². The van der Waals surface area contributed by atoms with E-state index >= 15 is 0 Å². The molecule has 2 N–H and O–H groups in total. The zero-order chi connectivity index (χ0) is 15.4. The Morgan fingerprint density at radius 1 is 1.14 bits per heavy atom. The highest BCUT2D eigenvalue weighted by molar-refractivity contribution is 9.10. The van der Waals surface area contributed by atoms with Crippen molar-refractivity contribution in [2.75, 3.05) is 5.32 Å². The summed E-state index contributed by atoms with van der Waals surface area (Å²) in [6.07, 6.45) is 0. The second-order valence-electron chi connectivity index (χ2n) is 5.19. The highest BCUT2D eigenvalue weighted by Gasteiger charge is 2.09. The molecule has 0 saturated heterocycles. The lowest BCUT2D eigenvalue weighted by molar-refractivity contribution is 0.717. The molecular formula is C17H19BrN2S. The Morgan fingerprint density at radius 2 is 1.90 bits per heavy atom. The van der Waals surface area contributed by atoms with Crippen molar-refractivity contribution in [1.29, 1.82) is 0 Å². The van der Waals surface area contributed by atoms with E-state index in [1.54, 1.807) is 0 Å². The standard InChI is InChI=1S/C17H19BrN2S/c1-11-7-8-16(12(2)9-11)13(3)19-17(21)20-15-6-4-5-14(18)10-15/h4-10,13H,1-3H3,(H2,19,20,21)/t13-/m0/s1. The normalized spacial score (nSPS) is 11.8. The summed E-state index contributed by atoms with van der Waals surface area (Å²) in [7, 11) is 0. The summed E-state index contributed by atoms with van der Waals surface area (Å²) in [6, 6.07) is 14.6. The Bertz CT molecular complexity index is 655. The molecule has 0 aliphatic carbocycles. The maximum absolute atomic E-state index is 5.39. The van der Waals surface area contributed by atoms with E-state index in [0.717, 1.165) is 10.2 Å². The summed E-state index contributed by atoms with van der Waals surface area (Å²) in [6.45, 7) is 6.35. The highest BCUT2D eigenvalue weighted by atomic mass is 79.9. The van der Waals surface area contributed by atoms with Crippen molar-refractivity contribution in [1.82, 2.24) is 5.32 Å². The molecule has 0 aromatic heterocycles. The molecule has 0 radical (unpaired) electrons. The van der Waals surface area contributed by atoms with Crippen LogP contribution in [0.2, 0.25) is 0 Å². The molecule has 0 spiro atoms. The van der Waals surface area contributed by atoms with Crippen LogP contribution in [0.15, 0.2) is 46.9 Å². The van der Waals surface area contributed by atoms with Gasteiger partial charge in [-0.05, 0) is 62.3 Å². The first-order valence-corrected chi connectivity index (χ1v) is 8.06. The van der Waals surface area contributed by atoms with E-state index in [9.17, 15) is 0 Å². The van der Waals surface area contributed by atoms with Gasteiger partial charge in [-0.2, -0.15) is 0 Å². The lowest BCUT2D eigenvalue weighted by Crippen LogP contribution is -2.31. The summed E-state index contributed by atoms with van der Waals surface area (Å²) in [5.74, 6) is 0. The van der Waals surface area contributed by atoms with Crippen LogP contribution in [0.4, 0.5) is 5.69 Å². The predicted molar refractivity (Wildman–Crippen MR) is 97.8 cm³/mol. The number of benzene rings is 2. The molecule has 4 heteroatoms. The van der Waals surface area contributed by atoms with Crippen LogP contribution in [-0.2, 0) is 0 Å². The number of rotatable bonds is 3. The average molecular weight is 363 g/mol. The largest absolute Gasteiger partial charge is 0.356 e. The summed E-state index contributed by atoms with van der Waals surface area (Å²) in [5.41, 5.74) is 4.78. The Morgan fingerprint density at radius 3 is 2.57 bits per heavy atom. The molecule has 0 unspecified atom stereocenters. The molecule has 2 aromatic carbocycles. The van der Waals surface area contributed by atoms with Gasteiger partial charge in [0.2, 0.25) is 0 Å². The van der Waals surface area contributed by atoms with E-state index in [1.165, 1.54) is 16.7 Å². The molecule has 0 aliphatic heterocycles. The first kappa shape index (κ1) is 16.0. The maximum Gasteiger partial charge on any atom is 0.171 e. The molecule has 21 heavy (non-hydrogen) atoms. The van der Waals surface area contributed by atoms with Gasteiger partial charge in [0.1, 0.15) is 0 Å². The molecule has 0 amide bonds. The van der Waals surface area contributed by atoms with Crippen LogP contribution in [0.5, 0.6) is 0 Å². The van der Waals surface area contributed by atoms with Crippen molar-refractivity contribution in [2.24, 2.45) is 0 Å². The summed E-state index contributed by atoms with van der Waals surface area (Å²) in [5, 5.41) is 7.16. The van der Waals surface area contributed by atoms with Crippen molar-refractivity contribution in [3.8, 4) is 0 Å². The topological polar surface area (TPSA) is 24.1 Å². The van der Waals surface area contributed by atoms with Crippen LogP contribution in [0.1, 0.15) is 29.7 Å². The van der Waals surface area contributed by atoms with Crippen LogP contribution in [0.25, 0.3) is 0 Å². The number of hydrogen-bond acceptors (Lipinski definition) is 1. The second kappa shape index (κ2) is 7.05. The molecule has 0 aliphatic rings. The van der Waals surface area contributed by atoms with Crippen LogP contribution in [-0.4, -0.2) is 5.11 Å². The van der Waals surface area contributed by atoms with E-state index in [1.807, 2.05) is 24.3 Å². The fourth-order valence-electron chi connectivity index (χ4n) is 2.32. The van der Waals surface area contributed by atoms with Gasteiger partial charge in [0.05, 0.1) is 6.04 Å². The smallest absolute Gasteiger partial charge is 0.171 e. The molecule has 2 nitrogen and oxygen atoms in total. The third-order valence-corrected chi connectivity index (χ3v) is 4.04. The van der Waals surface area contributed by atoms with Gasteiger partial charge in [0.15, 0.2) is 5.11 Å². The molecule has 0 fully saturated rings. The van der Waals surface area contributed by atoms with Gasteiger partial charge in [-0.15, -0.1) is 0 Å². The Balaban J connectivity index is 2.02. The summed E-state index contributed by atoms with van der Waals surface area (Å²) in [4.78, 5) is 0. The van der Waals surface area contributed by atoms with Crippen LogP contribution in [0, 0.1) is 13.8 Å². The SMILES string of the molecule is Cc1ccc([C@H](C)NC(=S)Nc2cccc(Br)c2)c(C)c1. The van der Waals surface area contributed by atoms with E-state index in [4.69, 9.17) is 12.2 Å². The minimum absolute atomic E-state index is 0.165. The van der Waals surface area contributed by atoms with Crippen molar-refractivity contribution in [3.05, 3.63) is 63.6 Å². The quantitative estimate of drug-likeness (QED) is 0.741. The summed E-state index contributed by atoms with van der Waals surface area (Å²) >= 11 is 8.84. The summed E-state index contributed by atoms with van der Waals surface area (Å²) < 4.78 is 1.03. The van der Waals surface area contributed by atoms with E-state index in [-0.39, 0.29) is 6.04 Å². The monoisotopic (exact) mass is 362 g/mol. The molecular weight excluding hydrogens is 344 g/mol. The first-order chi connectivity index (χ1) is 9.95. The second-order valence-corrected chi connectivity index (χ2v) is 6.51. The average Bonchev–Trinajstić information content (AvgIpc) is 2.38. The molecule has 110 valence electrons. The Hall–Kier alpha value is -1.39. The van der Waals surface area contributed by atoms with Gasteiger partial charge in [-0.3, -0.25) is 0 Å². The maximum atomic E-state index is 5.39. The molecule has 2 aromatic rings. The highest BCUT2D eigenvalue weighted by Crippen LogP contribution is 2.19. The Kier molecular flexibility index (Phi) is 5.37. The van der Waals surface area contributed by atoms with E-state index < -0.39 is 0 Å². The van der Waals surface area contributed by atoms with Crippen LogP contribution >= 0.6 is 28.1 Å². The number of halogens is 1. The minimum atomic E-state index is 0.165. The molecule has 0 heterocycles. The van der Waals surface area contributed by atoms with E-state index in [2.05, 4.69) is 65.5 Å². The van der Waals surface area contributed by atoms with Gasteiger partial charge >= 0.3 is 0 Å². The molecule has 2 rings (SSSR count). The lowest BCUT2D eigenvalue weighted by Gasteiger charge is -2.19.